The number of hydrogen-bond donors (Lipinski definition) is 1. The van der Waals surface area contributed by atoms with Crippen molar-refractivity contribution in [3.05, 3.63) is 24.0 Å². The minimum absolute atomic E-state index is 0.610. The van der Waals surface area contributed by atoms with E-state index in [2.05, 4.69) is 22.5 Å². The number of aryl methyl sites for hydroxylation is 1. The average Bonchev–Trinajstić information content (AvgIpc) is 2.83. The molecule has 0 saturated carbocycles. The van der Waals surface area contributed by atoms with E-state index in [1.54, 1.807) is 0 Å². The summed E-state index contributed by atoms with van der Waals surface area (Å²) in [6.07, 6.45) is 1.25. The Labute approximate surface area is 99.0 Å². The van der Waals surface area contributed by atoms with Crippen LogP contribution in [0.2, 0.25) is 0 Å². The Hall–Kier alpha value is -1.16. The molecule has 0 amide bonds. The molecule has 3 nitrogen and oxygen atoms in total. The Kier molecular flexibility index (Phi) is 2.32. The van der Waals surface area contributed by atoms with Gasteiger partial charge in [0.2, 0.25) is 0 Å². The van der Waals surface area contributed by atoms with E-state index in [1.807, 2.05) is 23.9 Å². The predicted octanol–water partition coefficient (Wildman–Crippen LogP) is 2.60. The van der Waals surface area contributed by atoms with Gasteiger partial charge in [-0.2, -0.15) is 11.8 Å². The fraction of sp³-hybridized carbons (Fsp3) is 0.417. The van der Waals surface area contributed by atoms with Crippen molar-refractivity contribution in [3.8, 4) is 0 Å². The molecule has 1 fully saturated rings. The number of benzene rings is 1. The SMILES string of the molecule is Cc1nc2cc(N)ccc2n1C1CCSC1. The van der Waals surface area contributed by atoms with E-state index in [1.165, 1.54) is 23.4 Å². The van der Waals surface area contributed by atoms with Crippen molar-refractivity contribution in [3.63, 3.8) is 0 Å². The summed E-state index contributed by atoms with van der Waals surface area (Å²) in [5, 5.41) is 0. The van der Waals surface area contributed by atoms with Gasteiger partial charge in [-0.25, -0.2) is 4.98 Å². The van der Waals surface area contributed by atoms with Gasteiger partial charge >= 0.3 is 0 Å². The number of rotatable bonds is 1. The molecule has 2 N–H and O–H groups in total. The van der Waals surface area contributed by atoms with Crippen molar-refractivity contribution in [2.45, 2.75) is 19.4 Å². The van der Waals surface area contributed by atoms with Gasteiger partial charge in [-0.1, -0.05) is 0 Å². The number of imidazole rings is 1. The monoisotopic (exact) mass is 233 g/mol. The molecule has 2 aromatic rings. The van der Waals surface area contributed by atoms with Gasteiger partial charge in [0, 0.05) is 17.5 Å². The minimum atomic E-state index is 0.610. The first-order valence-electron chi connectivity index (χ1n) is 5.57. The molecule has 1 aromatic carbocycles. The summed E-state index contributed by atoms with van der Waals surface area (Å²) in [7, 11) is 0. The molecule has 0 spiro atoms. The Morgan fingerprint density at radius 1 is 1.50 bits per heavy atom. The number of fused-ring (bicyclic) bond motifs is 1. The number of nitrogen functional groups attached to an aromatic ring is 1. The standard InChI is InChI=1S/C12H15N3S/c1-8-14-11-6-9(13)2-3-12(11)15(8)10-4-5-16-7-10/h2-3,6,10H,4-5,7,13H2,1H3. The third kappa shape index (κ3) is 1.48. The highest BCUT2D eigenvalue weighted by Gasteiger charge is 2.21. The van der Waals surface area contributed by atoms with Crippen molar-refractivity contribution in [1.29, 1.82) is 0 Å². The highest BCUT2D eigenvalue weighted by atomic mass is 32.2. The van der Waals surface area contributed by atoms with Crippen LogP contribution < -0.4 is 5.73 Å². The van der Waals surface area contributed by atoms with E-state index < -0.39 is 0 Å². The topological polar surface area (TPSA) is 43.8 Å². The second-order valence-electron chi connectivity index (χ2n) is 4.29. The molecular weight excluding hydrogens is 218 g/mol. The summed E-state index contributed by atoms with van der Waals surface area (Å²) >= 11 is 2.03. The van der Waals surface area contributed by atoms with E-state index in [-0.39, 0.29) is 0 Å². The molecule has 0 aliphatic carbocycles. The van der Waals surface area contributed by atoms with Crippen molar-refractivity contribution in [2.24, 2.45) is 0 Å². The summed E-state index contributed by atoms with van der Waals surface area (Å²) in [6.45, 7) is 2.08. The van der Waals surface area contributed by atoms with Gasteiger partial charge in [-0.05, 0) is 37.3 Å². The lowest BCUT2D eigenvalue weighted by Gasteiger charge is -2.13. The number of hydrogen-bond acceptors (Lipinski definition) is 3. The first-order valence-corrected chi connectivity index (χ1v) is 6.73. The molecule has 1 unspecified atom stereocenters. The average molecular weight is 233 g/mol. The maximum absolute atomic E-state index is 5.78. The van der Waals surface area contributed by atoms with Gasteiger partial charge in [0.25, 0.3) is 0 Å². The van der Waals surface area contributed by atoms with E-state index in [9.17, 15) is 0 Å². The van der Waals surface area contributed by atoms with Crippen molar-refractivity contribution in [2.75, 3.05) is 17.2 Å². The summed E-state index contributed by atoms with van der Waals surface area (Å²) in [4.78, 5) is 4.59. The number of nitrogens with zero attached hydrogens (tertiary/aromatic N) is 2. The molecule has 1 aliphatic rings. The molecule has 4 heteroatoms. The summed E-state index contributed by atoms with van der Waals surface area (Å²) in [6, 6.07) is 6.62. The van der Waals surface area contributed by atoms with Crippen molar-refractivity contribution < 1.29 is 0 Å². The van der Waals surface area contributed by atoms with Gasteiger partial charge in [0.15, 0.2) is 0 Å². The van der Waals surface area contributed by atoms with E-state index in [0.717, 1.165) is 17.0 Å². The van der Waals surface area contributed by atoms with Crippen LogP contribution in [-0.4, -0.2) is 21.1 Å². The number of thioether (sulfide) groups is 1. The summed E-state index contributed by atoms with van der Waals surface area (Å²) in [5.74, 6) is 3.57. The van der Waals surface area contributed by atoms with Crippen LogP contribution in [0.1, 0.15) is 18.3 Å². The predicted molar refractivity (Wildman–Crippen MR) is 69.9 cm³/mol. The molecule has 1 aromatic heterocycles. The number of aromatic nitrogens is 2. The zero-order valence-corrected chi connectivity index (χ0v) is 10.1. The summed E-state index contributed by atoms with van der Waals surface area (Å²) in [5.41, 5.74) is 8.82. The van der Waals surface area contributed by atoms with Gasteiger partial charge in [-0.3, -0.25) is 0 Å². The van der Waals surface area contributed by atoms with Crippen molar-refractivity contribution >= 4 is 28.5 Å². The third-order valence-corrected chi connectivity index (χ3v) is 4.31. The van der Waals surface area contributed by atoms with Gasteiger partial charge in [0.05, 0.1) is 11.0 Å². The van der Waals surface area contributed by atoms with Crippen LogP contribution in [-0.2, 0) is 0 Å². The lowest BCUT2D eigenvalue weighted by atomic mass is 10.2. The molecule has 3 rings (SSSR count). The quantitative estimate of drug-likeness (QED) is 0.770. The molecule has 16 heavy (non-hydrogen) atoms. The van der Waals surface area contributed by atoms with Crippen LogP contribution >= 0.6 is 11.8 Å². The Morgan fingerprint density at radius 3 is 3.12 bits per heavy atom. The molecular formula is C12H15N3S. The number of nitrogens with two attached hydrogens (primary N) is 1. The zero-order valence-electron chi connectivity index (χ0n) is 9.31. The van der Waals surface area contributed by atoms with Crippen LogP contribution in [0.5, 0.6) is 0 Å². The lowest BCUT2D eigenvalue weighted by molar-refractivity contribution is 0.561. The maximum Gasteiger partial charge on any atom is 0.107 e. The molecule has 1 atom stereocenters. The second-order valence-corrected chi connectivity index (χ2v) is 5.44. The smallest absolute Gasteiger partial charge is 0.107 e. The minimum Gasteiger partial charge on any atom is -0.399 e. The van der Waals surface area contributed by atoms with Crippen molar-refractivity contribution in [1.82, 2.24) is 9.55 Å². The highest BCUT2D eigenvalue weighted by molar-refractivity contribution is 7.99. The molecule has 2 heterocycles. The first kappa shape index (κ1) is 10.0. The first-order chi connectivity index (χ1) is 7.75. The van der Waals surface area contributed by atoms with E-state index in [4.69, 9.17) is 5.73 Å². The van der Waals surface area contributed by atoms with E-state index >= 15 is 0 Å². The zero-order chi connectivity index (χ0) is 11.1. The lowest BCUT2D eigenvalue weighted by Crippen LogP contribution is -2.09. The fourth-order valence-electron chi connectivity index (χ4n) is 2.42. The normalized spacial score (nSPS) is 20.7. The molecule has 84 valence electrons. The van der Waals surface area contributed by atoms with Gasteiger partial charge < -0.3 is 10.3 Å². The Bertz CT molecular complexity index is 526. The van der Waals surface area contributed by atoms with E-state index in [0.29, 0.717) is 6.04 Å². The molecule has 1 aliphatic heterocycles. The van der Waals surface area contributed by atoms with Gasteiger partial charge in [-0.15, -0.1) is 0 Å². The van der Waals surface area contributed by atoms with Crippen LogP contribution in [0.25, 0.3) is 11.0 Å². The molecule has 0 bridgehead atoms. The maximum atomic E-state index is 5.78. The summed E-state index contributed by atoms with van der Waals surface area (Å²) < 4.78 is 2.37. The largest absolute Gasteiger partial charge is 0.399 e. The molecule has 1 saturated heterocycles. The van der Waals surface area contributed by atoms with Crippen LogP contribution in [0, 0.1) is 6.92 Å². The van der Waals surface area contributed by atoms with Crippen LogP contribution in [0.3, 0.4) is 0 Å². The number of anilines is 1. The van der Waals surface area contributed by atoms with Crippen LogP contribution in [0.4, 0.5) is 5.69 Å². The fourth-order valence-corrected chi connectivity index (χ4v) is 3.62. The second kappa shape index (κ2) is 3.70. The highest BCUT2D eigenvalue weighted by Crippen LogP contribution is 2.32. The Morgan fingerprint density at radius 2 is 2.38 bits per heavy atom. The van der Waals surface area contributed by atoms with Gasteiger partial charge in [0.1, 0.15) is 5.82 Å². The third-order valence-electron chi connectivity index (χ3n) is 3.16. The Balaban J connectivity index is 2.18. The van der Waals surface area contributed by atoms with Crippen LogP contribution in [0.15, 0.2) is 18.2 Å². The molecule has 0 radical (unpaired) electrons.